The molecule has 1 aromatic heterocycles. The van der Waals surface area contributed by atoms with E-state index < -0.39 is 0 Å². The van der Waals surface area contributed by atoms with Crippen LogP contribution >= 0.6 is 0 Å². The SMILES string of the molecule is Cc1c(CNC(C)c2ccc(CC(C)C)cc2)cnn1C. The number of aromatic nitrogens is 2. The van der Waals surface area contributed by atoms with Crippen molar-refractivity contribution in [3.8, 4) is 0 Å². The number of nitrogens with zero attached hydrogens (tertiary/aromatic N) is 2. The second-order valence-corrected chi connectivity index (χ2v) is 6.32. The lowest BCUT2D eigenvalue weighted by molar-refractivity contribution is 0.572. The van der Waals surface area contributed by atoms with Gasteiger partial charge < -0.3 is 5.32 Å². The Morgan fingerprint density at radius 2 is 1.81 bits per heavy atom. The van der Waals surface area contributed by atoms with Crippen molar-refractivity contribution in [3.63, 3.8) is 0 Å². The Hall–Kier alpha value is -1.61. The Balaban J connectivity index is 1.94. The standard InChI is InChI=1S/C18H27N3/c1-13(2)10-16-6-8-17(9-7-16)14(3)19-11-18-12-20-21(5)15(18)4/h6-9,12-14,19H,10-11H2,1-5H3. The third kappa shape index (κ3) is 4.18. The summed E-state index contributed by atoms with van der Waals surface area (Å²) in [5, 5.41) is 7.86. The highest BCUT2D eigenvalue weighted by molar-refractivity contribution is 5.25. The van der Waals surface area contributed by atoms with Crippen molar-refractivity contribution in [1.82, 2.24) is 15.1 Å². The predicted molar refractivity (Wildman–Crippen MR) is 88.2 cm³/mol. The molecule has 0 radical (unpaired) electrons. The highest BCUT2D eigenvalue weighted by atomic mass is 15.3. The Morgan fingerprint density at radius 3 is 2.33 bits per heavy atom. The molecule has 0 amide bonds. The zero-order valence-corrected chi connectivity index (χ0v) is 13.9. The van der Waals surface area contributed by atoms with E-state index in [-0.39, 0.29) is 0 Å². The number of nitrogens with one attached hydrogen (secondary N) is 1. The quantitative estimate of drug-likeness (QED) is 0.875. The molecule has 1 unspecified atom stereocenters. The van der Waals surface area contributed by atoms with Gasteiger partial charge in [0, 0.05) is 30.9 Å². The van der Waals surface area contributed by atoms with Crippen molar-refractivity contribution in [2.75, 3.05) is 0 Å². The van der Waals surface area contributed by atoms with Crippen LogP contribution in [0.4, 0.5) is 0 Å². The number of aryl methyl sites for hydroxylation is 1. The first-order valence-corrected chi connectivity index (χ1v) is 7.77. The van der Waals surface area contributed by atoms with Gasteiger partial charge in [0.2, 0.25) is 0 Å². The van der Waals surface area contributed by atoms with Crippen LogP contribution in [0.5, 0.6) is 0 Å². The number of benzene rings is 1. The summed E-state index contributed by atoms with van der Waals surface area (Å²) in [6.07, 6.45) is 3.09. The molecule has 0 aliphatic carbocycles. The van der Waals surface area contributed by atoms with E-state index in [0.29, 0.717) is 12.0 Å². The molecule has 114 valence electrons. The van der Waals surface area contributed by atoms with E-state index in [1.807, 2.05) is 17.9 Å². The van der Waals surface area contributed by atoms with Crippen molar-refractivity contribution >= 4 is 0 Å². The molecule has 0 spiro atoms. The van der Waals surface area contributed by atoms with Gasteiger partial charge in [0.1, 0.15) is 0 Å². The van der Waals surface area contributed by atoms with E-state index in [1.165, 1.54) is 22.4 Å². The molecule has 1 atom stereocenters. The van der Waals surface area contributed by atoms with Crippen LogP contribution in [0.3, 0.4) is 0 Å². The molecule has 1 heterocycles. The van der Waals surface area contributed by atoms with Crippen LogP contribution in [0.2, 0.25) is 0 Å². The molecule has 21 heavy (non-hydrogen) atoms. The van der Waals surface area contributed by atoms with E-state index in [0.717, 1.165) is 13.0 Å². The first-order chi connectivity index (χ1) is 9.97. The lowest BCUT2D eigenvalue weighted by atomic mass is 10.00. The number of hydrogen-bond acceptors (Lipinski definition) is 2. The molecule has 3 nitrogen and oxygen atoms in total. The zero-order chi connectivity index (χ0) is 15.4. The molecule has 1 aromatic carbocycles. The molecule has 0 aliphatic heterocycles. The minimum atomic E-state index is 0.345. The van der Waals surface area contributed by atoms with Gasteiger partial charge in [-0.05, 0) is 37.3 Å². The van der Waals surface area contributed by atoms with Crippen LogP contribution in [-0.4, -0.2) is 9.78 Å². The highest BCUT2D eigenvalue weighted by Crippen LogP contribution is 2.16. The van der Waals surface area contributed by atoms with Gasteiger partial charge in [-0.15, -0.1) is 0 Å². The predicted octanol–water partition coefficient (Wildman–Crippen LogP) is 3.78. The summed E-state index contributed by atoms with van der Waals surface area (Å²) in [4.78, 5) is 0. The Labute approximate surface area is 128 Å². The zero-order valence-electron chi connectivity index (χ0n) is 13.9. The van der Waals surface area contributed by atoms with Crippen molar-refractivity contribution in [3.05, 3.63) is 52.8 Å². The first kappa shape index (κ1) is 15.8. The summed E-state index contributed by atoms with van der Waals surface area (Å²) in [6, 6.07) is 9.33. The van der Waals surface area contributed by atoms with Gasteiger partial charge >= 0.3 is 0 Å². The van der Waals surface area contributed by atoms with E-state index in [9.17, 15) is 0 Å². The second-order valence-electron chi connectivity index (χ2n) is 6.32. The monoisotopic (exact) mass is 285 g/mol. The van der Waals surface area contributed by atoms with Crippen molar-refractivity contribution in [2.45, 2.75) is 46.7 Å². The van der Waals surface area contributed by atoms with Gasteiger partial charge in [0.25, 0.3) is 0 Å². The molecule has 0 aliphatic rings. The van der Waals surface area contributed by atoms with Gasteiger partial charge in [-0.1, -0.05) is 38.1 Å². The number of rotatable bonds is 6. The van der Waals surface area contributed by atoms with Gasteiger partial charge in [0.15, 0.2) is 0 Å². The van der Waals surface area contributed by atoms with Crippen molar-refractivity contribution < 1.29 is 0 Å². The molecule has 3 heteroatoms. The molecule has 2 rings (SSSR count). The summed E-state index contributed by atoms with van der Waals surface area (Å²) < 4.78 is 1.92. The van der Waals surface area contributed by atoms with E-state index >= 15 is 0 Å². The molecule has 0 fully saturated rings. The molecule has 1 N–H and O–H groups in total. The van der Waals surface area contributed by atoms with Crippen LogP contribution in [0.1, 0.15) is 49.2 Å². The lowest BCUT2D eigenvalue weighted by Crippen LogP contribution is -2.18. The molecular weight excluding hydrogens is 258 g/mol. The smallest absolute Gasteiger partial charge is 0.0537 e. The summed E-state index contributed by atoms with van der Waals surface area (Å²) in [5.74, 6) is 0.708. The largest absolute Gasteiger partial charge is 0.306 e. The molecular formula is C18H27N3. The fraction of sp³-hybridized carbons (Fsp3) is 0.500. The fourth-order valence-electron chi connectivity index (χ4n) is 2.51. The van der Waals surface area contributed by atoms with Crippen LogP contribution in [-0.2, 0) is 20.0 Å². The summed E-state index contributed by atoms with van der Waals surface area (Å²) in [7, 11) is 1.98. The summed E-state index contributed by atoms with van der Waals surface area (Å²) in [5.41, 5.74) is 5.25. The van der Waals surface area contributed by atoms with Crippen LogP contribution in [0, 0.1) is 12.8 Å². The van der Waals surface area contributed by atoms with E-state index in [4.69, 9.17) is 0 Å². The average Bonchev–Trinajstić information content (AvgIpc) is 2.76. The minimum absolute atomic E-state index is 0.345. The van der Waals surface area contributed by atoms with Gasteiger partial charge in [-0.3, -0.25) is 4.68 Å². The third-order valence-corrected chi connectivity index (χ3v) is 4.06. The molecule has 0 saturated heterocycles. The maximum Gasteiger partial charge on any atom is 0.0537 e. The Morgan fingerprint density at radius 1 is 1.14 bits per heavy atom. The van der Waals surface area contributed by atoms with E-state index in [2.05, 4.69) is 62.4 Å². The Bertz CT molecular complexity index is 567. The highest BCUT2D eigenvalue weighted by Gasteiger charge is 2.08. The van der Waals surface area contributed by atoms with Gasteiger partial charge in [0.05, 0.1) is 6.20 Å². The van der Waals surface area contributed by atoms with Gasteiger partial charge in [-0.25, -0.2) is 0 Å². The third-order valence-electron chi connectivity index (χ3n) is 4.06. The van der Waals surface area contributed by atoms with Crippen molar-refractivity contribution in [2.24, 2.45) is 13.0 Å². The second kappa shape index (κ2) is 6.90. The van der Waals surface area contributed by atoms with Gasteiger partial charge in [-0.2, -0.15) is 5.10 Å². The molecule has 0 bridgehead atoms. The topological polar surface area (TPSA) is 29.9 Å². The maximum atomic E-state index is 4.28. The average molecular weight is 285 g/mol. The minimum Gasteiger partial charge on any atom is -0.306 e. The normalized spacial score (nSPS) is 12.9. The summed E-state index contributed by atoms with van der Waals surface area (Å²) >= 11 is 0. The van der Waals surface area contributed by atoms with E-state index in [1.54, 1.807) is 0 Å². The Kier molecular flexibility index (Phi) is 5.18. The van der Waals surface area contributed by atoms with Crippen LogP contribution in [0.25, 0.3) is 0 Å². The fourth-order valence-corrected chi connectivity index (χ4v) is 2.51. The van der Waals surface area contributed by atoms with Crippen LogP contribution in [0.15, 0.2) is 30.5 Å². The summed E-state index contributed by atoms with van der Waals surface area (Å²) in [6.45, 7) is 9.69. The number of hydrogen-bond donors (Lipinski definition) is 1. The first-order valence-electron chi connectivity index (χ1n) is 7.77. The van der Waals surface area contributed by atoms with Crippen LogP contribution < -0.4 is 5.32 Å². The molecule has 0 saturated carbocycles. The van der Waals surface area contributed by atoms with Crippen molar-refractivity contribution in [1.29, 1.82) is 0 Å². The maximum absolute atomic E-state index is 4.28. The lowest BCUT2D eigenvalue weighted by Gasteiger charge is -2.15. The molecule has 2 aromatic rings.